The van der Waals surface area contributed by atoms with Crippen molar-refractivity contribution in [3.63, 3.8) is 0 Å². The van der Waals surface area contributed by atoms with Gasteiger partial charge in [-0.15, -0.1) is 0 Å². The van der Waals surface area contributed by atoms with Crippen LogP contribution in [0.1, 0.15) is 52.6 Å². The van der Waals surface area contributed by atoms with Crippen LogP contribution < -0.4 is 5.32 Å². The molecule has 0 fully saturated rings. The number of benzene rings is 1. The highest BCUT2D eigenvalue weighted by Gasteiger charge is 2.29. The lowest BCUT2D eigenvalue weighted by atomic mass is 9.79. The predicted molar refractivity (Wildman–Crippen MR) is 86.9 cm³/mol. The van der Waals surface area contributed by atoms with Crippen molar-refractivity contribution in [3.8, 4) is 0 Å². The zero-order valence-corrected chi connectivity index (χ0v) is 13.5. The number of aromatic nitrogens is 1. The maximum absolute atomic E-state index is 12.2. The molecule has 0 spiro atoms. The Kier molecular flexibility index (Phi) is 4.64. The number of rotatable bonds is 5. The van der Waals surface area contributed by atoms with Crippen molar-refractivity contribution >= 4 is 11.9 Å². The number of nitrogens with one attached hydrogen (secondary N) is 1. The fourth-order valence-corrected chi connectivity index (χ4v) is 3.31. The van der Waals surface area contributed by atoms with Crippen LogP contribution in [0.25, 0.3) is 0 Å². The second kappa shape index (κ2) is 6.86. The summed E-state index contributed by atoms with van der Waals surface area (Å²) in [4.78, 5) is 23.7. The number of carboxylic acids is 1. The maximum Gasteiger partial charge on any atom is 0.326 e. The molecule has 1 aliphatic rings. The Morgan fingerprint density at radius 3 is 2.92 bits per heavy atom. The zero-order chi connectivity index (χ0) is 17.1. The minimum absolute atomic E-state index is 0.0304. The molecule has 1 amide bonds. The van der Waals surface area contributed by atoms with E-state index >= 15 is 0 Å². The number of amides is 1. The molecule has 0 saturated carbocycles. The van der Waals surface area contributed by atoms with Gasteiger partial charge in [0.05, 0.1) is 5.69 Å². The molecule has 6 heteroatoms. The Hall–Kier alpha value is -2.63. The van der Waals surface area contributed by atoms with Crippen molar-refractivity contribution in [3.05, 3.63) is 52.9 Å². The fraction of sp³-hybridized carbons (Fsp3) is 0.389. The molecule has 1 aliphatic carbocycles. The largest absolute Gasteiger partial charge is 0.480 e. The van der Waals surface area contributed by atoms with E-state index in [2.05, 4.69) is 22.6 Å². The molecule has 2 aromatic rings. The minimum atomic E-state index is -1.04. The molecule has 1 aromatic carbocycles. The molecular formula is C18H20N2O4. The third-order valence-electron chi connectivity index (χ3n) is 4.47. The van der Waals surface area contributed by atoms with E-state index in [1.165, 1.54) is 17.2 Å². The van der Waals surface area contributed by atoms with E-state index in [4.69, 9.17) is 4.52 Å². The summed E-state index contributed by atoms with van der Waals surface area (Å²) < 4.78 is 4.90. The number of nitrogens with zero attached hydrogens (tertiary/aromatic N) is 1. The van der Waals surface area contributed by atoms with E-state index in [0.29, 0.717) is 12.1 Å². The number of aliphatic carboxylic acids is 1. The Balaban J connectivity index is 1.73. The van der Waals surface area contributed by atoms with Gasteiger partial charge in [-0.25, -0.2) is 4.79 Å². The Bertz CT molecular complexity index is 753. The fourth-order valence-electron chi connectivity index (χ4n) is 3.31. The summed E-state index contributed by atoms with van der Waals surface area (Å²) in [6, 6.07) is 8.66. The SMILES string of the molecule is Cc1cc(C(=O)NC(CC2CCCc3ccccc32)C(=O)O)on1. The molecule has 0 saturated heterocycles. The smallest absolute Gasteiger partial charge is 0.326 e. The van der Waals surface area contributed by atoms with Gasteiger partial charge in [-0.2, -0.15) is 0 Å². The van der Waals surface area contributed by atoms with Gasteiger partial charge in [0.1, 0.15) is 6.04 Å². The van der Waals surface area contributed by atoms with Crippen LogP contribution in [0, 0.1) is 6.92 Å². The zero-order valence-electron chi connectivity index (χ0n) is 13.5. The Labute approximate surface area is 139 Å². The van der Waals surface area contributed by atoms with Gasteiger partial charge < -0.3 is 14.9 Å². The number of carbonyl (C=O) groups excluding carboxylic acids is 1. The van der Waals surface area contributed by atoms with Crippen LogP contribution in [0.3, 0.4) is 0 Å². The van der Waals surface area contributed by atoms with Gasteiger partial charge in [0.25, 0.3) is 5.91 Å². The molecule has 24 heavy (non-hydrogen) atoms. The summed E-state index contributed by atoms with van der Waals surface area (Å²) in [5.74, 6) is -1.43. The highest BCUT2D eigenvalue weighted by Crippen LogP contribution is 2.34. The molecular weight excluding hydrogens is 308 g/mol. The number of hydrogen-bond acceptors (Lipinski definition) is 4. The van der Waals surface area contributed by atoms with Crippen molar-refractivity contribution in [2.24, 2.45) is 0 Å². The molecule has 2 N–H and O–H groups in total. The van der Waals surface area contributed by atoms with Crippen LogP contribution in [0.5, 0.6) is 0 Å². The molecule has 1 heterocycles. The lowest BCUT2D eigenvalue weighted by molar-refractivity contribution is -0.139. The number of carbonyl (C=O) groups is 2. The minimum Gasteiger partial charge on any atom is -0.480 e. The normalized spacial score (nSPS) is 17.8. The van der Waals surface area contributed by atoms with E-state index in [0.717, 1.165) is 19.3 Å². The highest BCUT2D eigenvalue weighted by atomic mass is 16.5. The number of fused-ring (bicyclic) bond motifs is 1. The highest BCUT2D eigenvalue weighted by molar-refractivity contribution is 5.94. The van der Waals surface area contributed by atoms with Crippen molar-refractivity contribution < 1.29 is 19.2 Å². The van der Waals surface area contributed by atoms with Crippen LogP contribution in [0.15, 0.2) is 34.9 Å². The molecule has 1 aromatic heterocycles. The van der Waals surface area contributed by atoms with Crippen LogP contribution in [-0.2, 0) is 11.2 Å². The van der Waals surface area contributed by atoms with E-state index in [9.17, 15) is 14.7 Å². The van der Waals surface area contributed by atoms with Crippen molar-refractivity contribution in [1.82, 2.24) is 10.5 Å². The summed E-state index contributed by atoms with van der Waals surface area (Å²) in [7, 11) is 0. The summed E-state index contributed by atoms with van der Waals surface area (Å²) in [6.45, 7) is 1.70. The molecule has 6 nitrogen and oxygen atoms in total. The second-order valence-corrected chi connectivity index (χ2v) is 6.22. The third-order valence-corrected chi connectivity index (χ3v) is 4.47. The summed E-state index contributed by atoms with van der Waals surface area (Å²) >= 11 is 0. The van der Waals surface area contributed by atoms with E-state index in [1.807, 2.05) is 12.1 Å². The predicted octanol–water partition coefficient (Wildman–Crippen LogP) is 2.68. The van der Waals surface area contributed by atoms with E-state index in [-0.39, 0.29) is 11.7 Å². The number of hydrogen-bond donors (Lipinski definition) is 2. The average molecular weight is 328 g/mol. The van der Waals surface area contributed by atoms with Crippen LogP contribution in [0.4, 0.5) is 0 Å². The first kappa shape index (κ1) is 16.2. The molecule has 0 bridgehead atoms. The summed E-state index contributed by atoms with van der Waals surface area (Å²) in [5.41, 5.74) is 3.04. The first-order valence-corrected chi connectivity index (χ1v) is 8.09. The van der Waals surface area contributed by atoms with E-state index in [1.54, 1.807) is 6.92 Å². The van der Waals surface area contributed by atoms with Crippen LogP contribution in [0.2, 0.25) is 0 Å². The number of carboxylic acid groups (broad SMARTS) is 1. The first-order valence-electron chi connectivity index (χ1n) is 8.09. The quantitative estimate of drug-likeness (QED) is 0.880. The van der Waals surface area contributed by atoms with Gasteiger partial charge in [0.2, 0.25) is 5.76 Å². The van der Waals surface area contributed by atoms with E-state index < -0.39 is 17.9 Å². The van der Waals surface area contributed by atoms with Gasteiger partial charge in [-0.1, -0.05) is 29.4 Å². The molecule has 3 rings (SSSR count). The Morgan fingerprint density at radius 2 is 2.21 bits per heavy atom. The third kappa shape index (κ3) is 3.48. The van der Waals surface area contributed by atoms with Crippen molar-refractivity contribution in [1.29, 1.82) is 0 Å². The molecule has 2 atom stereocenters. The molecule has 0 radical (unpaired) electrons. The monoisotopic (exact) mass is 328 g/mol. The second-order valence-electron chi connectivity index (χ2n) is 6.22. The summed E-state index contributed by atoms with van der Waals surface area (Å²) in [5, 5.41) is 15.7. The van der Waals surface area contributed by atoms with Gasteiger partial charge in [0, 0.05) is 6.07 Å². The van der Waals surface area contributed by atoms with Gasteiger partial charge in [-0.05, 0) is 49.7 Å². The maximum atomic E-state index is 12.2. The van der Waals surface area contributed by atoms with Crippen molar-refractivity contribution in [2.45, 2.75) is 44.6 Å². The van der Waals surface area contributed by atoms with Crippen LogP contribution in [-0.4, -0.2) is 28.2 Å². The van der Waals surface area contributed by atoms with Crippen LogP contribution >= 0.6 is 0 Å². The van der Waals surface area contributed by atoms with Gasteiger partial charge in [-0.3, -0.25) is 4.79 Å². The lowest BCUT2D eigenvalue weighted by Gasteiger charge is -2.27. The first-order chi connectivity index (χ1) is 11.5. The lowest BCUT2D eigenvalue weighted by Crippen LogP contribution is -2.42. The molecule has 0 aliphatic heterocycles. The topological polar surface area (TPSA) is 92.4 Å². The summed E-state index contributed by atoms with van der Waals surface area (Å²) in [6.07, 6.45) is 3.35. The van der Waals surface area contributed by atoms with Gasteiger partial charge in [0.15, 0.2) is 0 Å². The van der Waals surface area contributed by atoms with Gasteiger partial charge >= 0.3 is 5.97 Å². The standard InChI is InChI=1S/C18H20N2O4/c1-11-9-16(24-20-11)17(21)19-15(18(22)23)10-13-7-4-6-12-5-2-3-8-14(12)13/h2-3,5,8-9,13,15H,4,6-7,10H2,1H3,(H,19,21)(H,22,23). The Morgan fingerprint density at radius 1 is 1.42 bits per heavy atom. The molecule has 126 valence electrons. The van der Waals surface area contributed by atoms with Crippen molar-refractivity contribution in [2.75, 3.05) is 0 Å². The molecule has 2 unspecified atom stereocenters. The average Bonchev–Trinajstić information content (AvgIpc) is 3.01. The number of aryl methyl sites for hydroxylation is 2.